The van der Waals surface area contributed by atoms with Crippen molar-refractivity contribution in [1.29, 1.82) is 0 Å². The Morgan fingerprint density at radius 2 is 2.06 bits per heavy atom. The van der Waals surface area contributed by atoms with Crippen molar-refractivity contribution < 1.29 is 41.3 Å². The largest absolute Gasteiger partial charge is 0.488 e. The first kappa shape index (κ1) is 23.9. The van der Waals surface area contributed by atoms with Crippen LogP contribution in [0.4, 0.5) is 27.8 Å². The van der Waals surface area contributed by atoms with Crippen LogP contribution in [-0.2, 0) is 16.6 Å². The molecule has 32 heavy (non-hydrogen) atoms. The van der Waals surface area contributed by atoms with Crippen LogP contribution >= 0.6 is 0 Å². The normalized spacial score (nSPS) is 25.7. The Hall–Kier alpha value is -2.80. The van der Waals surface area contributed by atoms with Crippen molar-refractivity contribution in [2.45, 2.75) is 37.6 Å². The molecule has 2 heterocycles. The van der Waals surface area contributed by atoms with Crippen LogP contribution in [0, 0.1) is 17.6 Å². The van der Waals surface area contributed by atoms with Crippen molar-refractivity contribution in [1.82, 2.24) is 15.0 Å². The van der Waals surface area contributed by atoms with Crippen molar-refractivity contribution in [3.63, 3.8) is 0 Å². The number of anilines is 1. The number of carbonyl (C=O) groups excluding carboxylic acids is 1. The van der Waals surface area contributed by atoms with Crippen LogP contribution in [0.25, 0.3) is 0 Å². The molecule has 8 nitrogen and oxygen atoms in total. The maximum Gasteiger partial charge on any atom is 0.417 e. The molecule has 0 spiro atoms. The fourth-order valence-electron chi connectivity index (χ4n) is 3.73. The van der Waals surface area contributed by atoms with Crippen molar-refractivity contribution in [2.75, 3.05) is 18.5 Å². The molecule has 1 saturated heterocycles. The summed E-state index contributed by atoms with van der Waals surface area (Å²) in [6.45, 7) is 0.999. The van der Waals surface area contributed by atoms with E-state index in [2.05, 4.69) is 15.6 Å². The van der Waals surface area contributed by atoms with Gasteiger partial charge in [-0.2, -0.15) is 17.6 Å². The lowest BCUT2D eigenvalue weighted by Gasteiger charge is -2.32. The fraction of sp³-hybridized carbons (Fsp3) is 0.526. The average molecular weight is 464 g/mol. The number of aliphatic hydroxyl groups is 1. The summed E-state index contributed by atoms with van der Waals surface area (Å²) in [5.74, 6) is -7.07. The van der Waals surface area contributed by atoms with E-state index in [-0.39, 0.29) is 11.4 Å². The summed E-state index contributed by atoms with van der Waals surface area (Å²) in [6, 6.07) is 1.77. The van der Waals surface area contributed by atoms with E-state index < -0.39 is 66.2 Å². The van der Waals surface area contributed by atoms with E-state index in [1.807, 2.05) is 0 Å². The molecule has 0 bridgehead atoms. The molecule has 176 valence electrons. The molecule has 1 fully saturated rings. The summed E-state index contributed by atoms with van der Waals surface area (Å²) in [5, 5.41) is 18.6. The molecular formula is C19H21F5N4O4. The molecule has 2 N–H and O–H groups in total. The van der Waals surface area contributed by atoms with Gasteiger partial charge in [-0.25, -0.2) is 9.07 Å². The zero-order chi connectivity index (χ0) is 23.8. The van der Waals surface area contributed by atoms with Crippen molar-refractivity contribution in [3.8, 4) is 5.75 Å². The number of amides is 1. The number of benzene rings is 1. The van der Waals surface area contributed by atoms with Crippen LogP contribution in [-0.4, -0.2) is 57.1 Å². The monoisotopic (exact) mass is 464 g/mol. The molecule has 0 radical (unpaired) electrons. The first-order valence-corrected chi connectivity index (χ1v) is 9.54. The van der Waals surface area contributed by atoms with E-state index in [0.717, 1.165) is 19.1 Å². The minimum atomic E-state index is -4.88. The zero-order valence-corrected chi connectivity index (χ0v) is 17.3. The van der Waals surface area contributed by atoms with Crippen molar-refractivity contribution >= 4 is 11.7 Å². The van der Waals surface area contributed by atoms with Crippen molar-refractivity contribution in [3.05, 3.63) is 35.5 Å². The van der Waals surface area contributed by atoms with E-state index in [4.69, 9.17) is 14.6 Å². The molecule has 1 aromatic carbocycles. The fourth-order valence-corrected chi connectivity index (χ4v) is 3.73. The third kappa shape index (κ3) is 4.01. The minimum Gasteiger partial charge on any atom is -0.488 e. The summed E-state index contributed by atoms with van der Waals surface area (Å²) in [7, 11) is 1.45. The van der Waals surface area contributed by atoms with Gasteiger partial charge in [0.15, 0.2) is 23.0 Å². The van der Waals surface area contributed by atoms with E-state index in [0.29, 0.717) is 0 Å². The van der Waals surface area contributed by atoms with Gasteiger partial charge in [-0.1, -0.05) is 18.2 Å². The van der Waals surface area contributed by atoms with Gasteiger partial charge in [0.25, 0.3) is 5.91 Å². The molecule has 0 aliphatic carbocycles. The number of aliphatic hydroxyl groups excluding tert-OH is 1. The molecule has 0 saturated carbocycles. The third-order valence-electron chi connectivity index (χ3n) is 5.67. The third-order valence-corrected chi connectivity index (χ3v) is 5.67. The van der Waals surface area contributed by atoms with E-state index in [1.165, 1.54) is 24.9 Å². The molecule has 3 rings (SSSR count). The lowest BCUT2D eigenvalue weighted by Crippen LogP contribution is -2.47. The molecule has 4 atom stereocenters. The smallest absolute Gasteiger partial charge is 0.417 e. The number of rotatable bonds is 6. The topological polar surface area (TPSA) is 98.5 Å². The summed E-state index contributed by atoms with van der Waals surface area (Å²) in [5.41, 5.74) is -2.97. The first-order chi connectivity index (χ1) is 14.9. The van der Waals surface area contributed by atoms with E-state index in [1.54, 1.807) is 0 Å². The lowest BCUT2D eigenvalue weighted by molar-refractivity contribution is -0.272. The molecule has 0 unspecified atom stereocenters. The molecule has 1 aliphatic heterocycles. The molecule has 2 aromatic rings. The average Bonchev–Trinajstić information content (AvgIpc) is 3.24. The predicted octanol–water partition coefficient (Wildman–Crippen LogP) is 2.54. The Balaban J connectivity index is 2.10. The quantitative estimate of drug-likeness (QED) is 0.638. The second-order valence-corrected chi connectivity index (χ2v) is 7.54. The number of halogens is 5. The van der Waals surface area contributed by atoms with Gasteiger partial charge < -0.3 is 19.9 Å². The van der Waals surface area contributed by atoms with Gasteiger partial charge in [0, 0.05) is 24.4 Å². The Bertz CT molecular complexity index is 999. The summed E-state index contributed by atoms with van der Waals surface area (Å²) in [6.07, 6.45) is -5.44. The Morgan fingerprint density at radius 1 is 1.38 bits per heavy atom. The van der Waals surface area contributed by atoms with Crippen LogP contribution in [0.1, 0.15) is 25.3 Å². The number of ether oxygens (including phenoxy) is 2. The van der Waals surface area contributed by atoms with Gasteiger partial charge in [-0.3, -0.25) is 4.79 Å². The summed E-state index contributed by atoms with van der Waals surface area (Å²) >= 11 is 0. The number of carbonyl (C=O) groups is 1. The Labute approximate surface area is 179 Å². The second-order valence-electron chi connectivity index (χ2n) is 7.54. The summed E-state index contributed by atoms with van der Waals surface area (Å²) < 4.78 is 81.7. The van der Waals surface area contributed by atoms with Gasteiger partial charge in [-0.05, 0) is 13.0 Å². The molecular weight excluding hydrogens is 443 g/mol. The number of nitrogens with one attached hydrogen (secondary N) is 1. The highest BCUT2D eigenvalue weighted by Gasteiger charge is 2.66. The Kier molecular flexibility index (Phi) is 6.43. The SMILES string of the molecule is C[C@H]1[C@@H](c2ccc(F)c(F)c2OCCO)[C@H](C(=O)Nc2cnnn2C)O[C@@]1(C)C(F)(F)F. The molecule has 13 heteroatoms. The minimum absolute atomic E-state index is 0.0904. The van der Waals surface area contributed by atoms with Crippen LogP contribution < -0.4 is 10.1 Å². The zero-order valence-electron chi connectivity index (χ0n) is 17.3. The predicted molar refractivity (Wildman–Crippen MR) is 99.8 cm³/mol. The van der Waals surface area contributed by atoms with E-state index >= 15 is 0 Å². The number of nitrogens with zero attached hydrogens (tertiary/aromatic N) is 3. The van der Waals surface area contributed by atoms with Gasteiger partial charge in [0.1, 0.15) is 12.7 Å². The van der Waals surface area contributed by atoms with E-state index in [9.17, 15) is 26.7 Å². The van der Waals surface area contributed by atoms with Gasteiger partial charge >= 0.3 is 6.18 Å². The van der Waals surface area contributed by atoms with Gasteiger partial charge in [0.05, 0.1) is 12.8 Å². The number of hydrogen-bond acceptors (Lipinski definition) is 6. The molecule has 1 aromatic heterocycles. The second kappa shape index (κ2) is 8.62. The molecule has 1 aliphatic rings. The number of hydrogen-bond donors (Lipinski definition) is 2. The van der Waals surface area contributed by atoms with Crippen molar-refractivity contribution in [2.24, 2.45) is 13.0 Å². The van der Waals surface area contributed by atoms with Gasteiger partial charge in [0.2, 0.25) is 5.82 Å². The number of aromatic nitrogens is 3. The van der Waals surface area contributed by atoms with Crippen LogP contribution in [0.3, 0.4) is 0 Å². The van der Waals surface area contributed by atoms with Gasteiger partial charge in [-0.15, -0.1) is 5.10 Å². The maximum atomic E-state index is 14.5. The highest BCUT2D eigenvalue weighted by Crippen LogP contribution is 2.55. The van der Waals surface area contributed by atoms with Crippen LogP contribution in [0.2, 0.25) is 0 Å². The highest BCUT2D eigenvalue weighted by atomic mass is 19.4. The first-order valence-electron chi connectivity index (χ1n) is 9.54. The lowest BCUT2D eigenvalue weighted by atomic mass is 9.77. The standard InChI is InChI=1S/C19H21F5N4O4/c1-9-13(10-4-5-11(20)14(21)15(10)31-7-6-29)16(32-18(9,2)19(22,23)24)17(30)26-12-8-25-27-28(12)3/h4-5,8-9,13,16,29H,6-7H2,1-3H3,(H,26,30)/t9-,13-,16+,18+/m0/s1. The van der Waals surface area contributed by atoms with Crippen LogP contribution in [0.15, 0.2) is 18.3 Å². The Morgan fingerprint density at radius 3 is 2.62 bits per heavy atom. The highest BCUT2D eigenvalue weighted by molar-refractivity contribution is 5.94. The molecule has 1 amide bonds. The number of aryl methyl sites for hydroxylation is 1. The van der Waals surface area contributed by atoms with Crippen LogP contribution in [0.5, 0.6) is 5.75 Å². The summed E-state index contributed by atoms with van der Waals surface area (Å²) in [4.78, 5) is 13.0. The number of alkyl halides is 3. The maximum absolute atomic E-state index is 14.5.